The largest absolute Gasteiger partial charge is 0.359 e. The highest BCUT2D eigenvalue weighted by Gasteiger charge is 2.39. The van der Waals surface area contributed by atoms with Crippen molar-refractivity contribution >= 4 is 11.6 Å². The van der Waals surface area contributed by atoms with Gasteiger partial charge in [-0.15, -0.1) is 0 Å². The molecule has 0 saturated heterocycles. The maximum atomic E-state index is 11.5. The first-order valence-corrected chi connectivity index (χ1v) is 4.40. The molecule has 1 amide bonds. The van der Waals surface area contributed by atoms with Crippen LogP contribution in [0, 0.1) is 18.8 Å². The van der Waals surface area contributed by atoms with Crippen LogP contribution in [0.15, 0.2) is 10.7 Å². The van der Waals surface area contributed by atoms with Crippen LogP contribution in [0.4, 0.5) is 5.69 Å². The van der Waals surface area contributed by atoms with Crippen LogP contribution in [0.3, 0.4) is 0 Å². The van der Waals surface area contributed by atoms with Gasteiger partial charge in [-0.25, -0.2) is 0 Å². The third-order valence-electron chi connectivity index (χ3n) is 2.45. The Labute approximate surface area is 76.3 Å². The van der Waals surface area contributed by atoms with Crippen molar-refractivity contribution in [3.05, 3.63) is 12.0 Å². The molecular weight excluding hydrogens is 168 g/mol. The summed E-state index contributed by atoms with van der Waals surface area (Å²) in [5, 5.41) is 6.37. The normalized spacial score (nSPS) is 25.7. The number of hydrogen-bond donors (Lipinski definition) is 1. The Kier molecular flexibility index (Phi) is 1.83. The van der Waals surface area contributed by atoms with E-state index in [1.54, 1.807) is 6.92 Å². The summed E-state index contributed by atoms with van der Waals surface area (Å²) in [7, 11) is 0. The number of nitrogens with zero attached hydrogens (tertiary/aromatic N) is 1. The Morgan fingerprint density at radius 2 is 2.46 bits per heavy atom. The van der Waals surface area contributed by atoms with Crippen LogP contribution in [0.2, 0.25) is 0 Å². The predicted octanol–water partition coefficient (Wildman–Crippen LogP) is 1.58. The lowest BCUT2D eigenvalue weighted by molar-refractivity contribution is -0.117. The Bertz CT molecular complexity index is 332. The molecule has 0 bridgehead atoms. The van der Waals surface area contributed by atoms with Gasteiger partial charge in [-0.1, -0.05) is 12.1 Å². The second kappa shape index (κ2) is 2.87. The van der Waals surface area contributed by atoms with E-state index in [2.05, 4.69) is 17.4 Å². The summed E-state index contributed by atoms with van der Waals surface area (Å²) in [5.41, 5.74) is 0.684. The first kappa shape index (κ1) is 8.29. The van der Waals surface area contributed by atoms with E-state index in [-0.39, 0.29) is 11.8 Å². The third kappa shape index (κ3) is 1.56. The van der Waals surface area contributed by atoms with E-state index < -0.39 is 0 Å². The lowest BCUT2D eigenvalue weighted by Crippen LogP contribution is -2.14. The number of amides is 1. The number of hydrogen-bond acceptors (Lipinski definition) is 3. The van der Waals surface area contributed by atoms with Crippen LogP contribution >= 0.6 is 0 Å². The summed E-state index contributed by atoms with van der Waals surface area (Å²) in [5.74, 6) is 1.45. The Hall–Kier alpha value is -1.32. The summed E-state index contributed by atoms with van der Waals surface area (Å²) in [6, 6.07) is 0. The molecule has 1 N–H and O–H groups in total. The number of aryl methyl sites for hydroxylation is 1. The number of anilines is 1. The molecule has 1 aromatic heterocycles. The molecule has 1 fully saturated rings. The standard InChI is InChI=1S/C9H12N2O2/c1-5-3-7(5)9(12)11-8-4-10-13-6(8)2/h4-5,7H,3H2,1-2H3,(H,11,12)/t5-,7-/m0/s1. The van der Waals surface area contributed by atoms with Crippen LogP contribution in [0.5, 0.6) is 0 Å². The Balaban J connectivity index is 1.99. The molecule has 1 saturated carbocycles. The highest BCUT2D eigenvalue weighted by Crippen LogP contribution is 2.38. The lowest BCUT2D eigenvalue weighted by Gasteiger charge is -2.00. The van der Waals surface area contributed by atoms with E-state index in [1.807, 2.05) is 0 Å². The van der Waals surface area contributed by atoms with E-state index in [0.29, 0.717) is 17.4 Å². The molecule has 70 valence electrons. The fraction of sp³-hybridized carbons (Fsp3) is 0.556. The van der Waals surface area contributed by atoms with Crippen molar-refractivity contribution < 1.29 is 9.32 Å². The van der Waals surface area contributed by atoms with Gasteiger partial charge in [0.15, 0.2) is 5.76 Å². The zero-order valence-corrected chi connectivity index (χ0v) is 7.70. The van der Waals surface area contributed by atoms with E-state index in [9.17, 15) is 4.79 Å². The van der Waals surface area contributed by atoms with Crippen molar-refractivity contribution in [1.82, 2.24) is 5.16 Å². The van der Waals surface area contributed by atoms with Crippen molar-refractivity contribution in [2.45, 2.75) is 20.3 Å². The van der Waals surface area contributed by atoms with Crippen LogP contribution in [-0.4, -0.2) is 11.1 Å². The molecule has 1 aliphatic rings. The monoisotopic (exact) mass is 180 g/mol. The molecule has 0 unspecified atom stereocenters. The summed E-state index contributed by atoms with van der Waals surface area (Å²) in [4.78, 5) is 11.5. The average Bonchev–Trinajstić information content (AvgIpc) is 2.68. The number of carbonyl (C=O) groups is 1. The zero-order chi connectivity index (χ0) is 9.42. The van der Waals surface area contributed by atoms with Crippen molar-refractivity contribution in [3.63, 3.8) is 0 Å². The van der Waals surface area contributed by atoms with Gasteiger partial charge in [0.25, 0.3) is 0 Å². The molecule has 0 aliphatic heterocycles. The zero-order valence-electron chi connectivity index (χ0n) is 7.70. The van der Waals surface area contributed by atoms with Crippen LogP contribution in [0.25, 0.3) is 0 Å². The summed E-state index contributed by atoms with van der Waals surface area (Å²) < 4.78 is 4.83. The molecule has 4 heteroatoms. The quantitative estimate of drug-likeness (QED) is 0.751. The summed E-state index contributed by atoms with van der Waals surface area (Å²) in [6.07, 6.45) is 2.52. The van der Waals surface area contributed by atoms with Gasteiger partial charge < -0.3 is 9.84 Å². The van der Waals surface area contributed by atoms with E-state index in [0.717, 1.165) is 6.42 Å². The van der Waals surface area contributed by atoms with Crippen molar-refractivity contribution in [3.8, 4) is 0 Å². The third-order valence-corrected chi connectivity index (χ3v) is 2.45. The van der Waals surface area contributed by atoms with Crippen LogP contribution in [0.1, 0.15) is 19.1 Å². The topological polar surface area (TPSA) is 55.1 Å². The Morgan fingerprint density at radius 3 is 2.92 bits per heavy atom. The maximum absolute atomic E-state index is 11.5. The predicted molar refractivity (Wildman–Crippen MR) is 47.1 cm³/mol. The lowest BCUT2D eigenvalue weighted by atomic mass is 10.3. The molecular formula is C9H12N2O2. The molecule has 1 aromatic rings. The van der Waals surface area contributed by atoms with Gasteiger partial charge in [0, 0.05) is 5.92 Å². The molecule has 0 spiro atoms. The smallest absolute Gasteiger partial charge is 0.227 e. The fourth-order valence-corrected chi connectivity index (χ4v) is 1.33. The van der Waals surface area contributed by atoms with E-state index >= 15 is 0 Å². The fourth-order valence-electron chi connectivity index (χ4n) is 1.33. The van der Waals surface area contributed by atoms with Crippen LogP contribution in [-0.2, 0) is 4.79 Å². The molecule has 4 nitrogen and oxygen atoms in total. The number of rotatable bonds is 2. The molecule has 2 rings (SSSR count). The molecule has 13 heavy (non-hydrogen) atoms. The number of aromatic nitrogens is 1. The van der Waals surface area contributed by atoms with Gasteiger partial charge in [-0.3, -0.25) is 4.79 Å². The minimum atomic E-state index is 0.0822. The summed E-state index contributed by atoms with van der Waals surface area (Å²) in [6.45, 7) is 3.85. The maximum Gasteiger partial charge on any atom is 0.227 e. The molecule has 0 aromatic carbocycles. The SMILES string of the molecule is Cc1oncc1NC(=O)[C@H]1C[C@@H]1C. The summed E-state index contributed by atoms with van der Waals surface area (Å²) >= 11 is 0. The minimum absolute atomic E-state index is 0.0822. The highest BCUT2D eigenvalue weighted by molar-refractivity contribution is 5.94. The van der Waals surface area contributed by atoms with Gasteiger partial charge in [0.1, 0.15) is 5.69 Å². The molecule has 1 aliphatic carbocycles. The highest BCUT2D eigenvalue weighted by atomic mass is 16.5. The van der Waals surface area contributed by atoms with Crippen molar-refractivity contribution in [1.29, 1.82) is 0 Å². The first-order chi connectivity index (χ1) is 6.18. The first-order valence-electron chi connectivity index (χ1n) is 4.40. The van der Waals surface area contributed by atoms with E-state index in [4.69, 9.17) is 4.52 Å². The molecule has 2 atom stereocenters. The second-order valence-corrected chi connectivity index (χ2v) is 3.60. The average molecular weight is 180 g/mol. The van der Waals surface area contributed by atoms with E-state index in [1.165, 1.54) is 6.20 Å². The van der Waals surface area contributed by atoms with Gasteiger partial charge in [-0.05, 0) is 19.3 Å². The molecule has 0 radical (unpaired) electrons. The van der Waals surface area contributed by atoms with Gasteiger partial charge in [-0.2, -0.15) is 0 Å². The van der Waals surface area contributed by atoms with Gasteiger partial charge in [0.2, 0.25) is 5.91 Å². The van der Waals surface area contributed by atoms with Gasteiger partial charge >= 0.3 is 0 Å². The Morgan fingerprint density at radius 1 is 1.77 bits per heavy atom. The second-order valence-electron chi connectivity index (χ2n) is 3.60. The minimum Gasteiger partial charge on any atom is -0.359 e. The van der Waals surface area contributed by atoms with Crippen LogP contribution < -0.4 is 5.32 Å². The number of carbonyl (C=O) groups excluding carboxylic acids is 1. The van der Waals surface area contributed by atoms with Crippen molar-refractivity contribution in [2.24, 2.45) is 11.8 Å². The number of nitrogens with one attached hydrogen (secondary N) is 1. The molecule has 1 heterocycles. The van der Waals surface area contributed by atoms with Crippen molar-refractivity contribution in [2.75, 3.05) is 5.32 Å². The van der Waals surface area contributed by atoms with Gasteiger partial charge in [0.05, 0.1) is 6.20 Å².